The monoisotopic (exact) mass is 433 g/mol. The maximum absolute atomic E-state index is 12.5. The summed E-state index contributed by atoms with van der Waals surface area (Å²) in [6, 6.07) is 0. The lowest BCUT2D eigenvalue weighted by atomic mass is 9.82. The molecule has 0 saturated heterocycles. The molecule has 9 heteroatoms. The van der Waals surface area contributed by atoms with Crippen molar-refractivity contribution in [1.82, 2.24) is 25.7 Å². The Morgan fingerprint density at radius 1 is 1.28 bits per heavy atom. The zero-order valence-corrected chi connectivity index (χ0v) is 18.6. The van der Waals surface area contributed by atoms with Gasteiger partial charge < -0.3 is 15.3 Å². The highest BCUT2D eigenvalue weighted by Gasteiger charge is 2.31. The summed E-state index contributed by atoms with van der Waals surface area (Å²) in [5.74, 6) is -0.385. The Morgan fingerprint density at radius 3 is 2.75 bits per heavy atom. The molecular weight excluding hydrogens is 406 g/mol. The van der Waals surface area contributed by atoms with E-state index in [-0.39, 0.29) is 17.1 Å². The van der Waals surface area contributed by atoms with Gasteiger partial charge in [0.05, 0.1) is 11.4 Å². The van der Waals surface area contributed by atoms with Crippen LogP contribution >= 0.6 is 0 Å². The first-order valence-electron chi connectivity index (χ1n) is 10.5. The first kappa shape index (κ1) is 21.5. The van der Waals surface area contributed by atoms with Crippen LogP contribution in [0.3, 0.4) is 0 Å². The molecule has 2 aliphatic rings. The van der Waals surface area contributed by atoms with E-state index in [4.69, 9.17) is 0 Å². The van der Waals surface area contributed by atoms with E-state index in [0.717, 1.165) is 28.2 Å². The molecule has 0 fully saturated rings. The van der Waals surface area contributed by atoms with Crippen molar-refractivity contribution in [2.45, 2.75) is 46.0 Å². The molecule has 2 aliphatic heterocycles. The average molecular weight is 434 g/mol. The van der Waals surface area contributed by atoms with Gasteiger partial charge >= 0.3 is 0 Å². The summed E-state index contributed by atoms with van der Waals surface area (Å²) in [7, 11) is 0. The fraction of sp³-hybridized carbons (Fsp3) is 0.348. The Morgan fingerprint density at radius 2 is 2.09 bits per heavy atom. The van der Waals surface area contributed by atoms with E-state index in [1.54, 1.807) is 31.0 Å². The number of hydrogen-bond donors (Lipinski definition) is 4. The van der Waals surface area contributed by atoms with E-state index in [1.807, 2.05) is 13.0 Å². The van der Waals surface area contributed by atoms with Gasteiger partial charge in [0, 0.05) is 48.8 Å². The Bertz CT molecular complexity index is 1160. The third-order valence-corrected chi connectivity index (χ3v) is 5.53. The van der Waals surface area contributed by atoms with Crippen molar-refractivity contribution in [2.75, 3.05) is 0 Å². The van der Waals surface area contributed by atoms with Gasteiger partial charge in [-0.05, 0) is 36.0 Å². The molecule has 0 aromatic carbocycles. The fourth-order valence-corrected chi connectivity index (χ4v) is 4.15. The molecule has 1 unspecified atom stereocenters. The number of aliphatic imine (C=N–C) groups is 1. The number of hydrazone groups is 1. The lowest BCUT2D eigenvalue weighted by Gasteiger charge is -2.22. The summed E-state index contributed by atoms with van der Waals surface area (Å²) >= 11 is 0. The highest BCUT2D eigenvalue weighted by Crippen LogP contribution is 2.34. The van der Waals surface area contributed by atoms with Crippen LogP contribution < -0.4 is 10.7 Å². The van der Waals surface area contributed by atoms with Crippen molar-refractivity contribution in [3.63, 3.8) is 0 Å². The molecule has 4 N–H and O–H groups in total. The molecule has 32 heavy (non-hydrogen) atoms. The molecule has 0 spiro atoms. The number of H-pyrrole nitrogens is 2. The molecule has 166 valence electrons. The first-order chi connectivity index (χ1) is 15.3. The summed E-state index contributed by atoms with van der Waals surface area (Å²) in [6.07, 6.45) is 11.1. The number of Topliss-reactive ketones (excluding diaryl/α,β-unsaturated/α-hetero) is 1. The standard InChI is InChI=1S/C23H27N7O2/c1-13-14(5-6-18(31)21-26-9-10-27-21)19(23(2,3)4)16(29-13)11-17-20(25-8-7-24-17)15-12-28-30-22(15)32/h7-12,15,24,29H,5-6H2,1-4H3,(H,26,27)(H,30,32). The molecule has 2 aromatic heterocycles. The molecule has 0 bridgehead atoms. The predicted molar refractivity (Wildman–Crippen MR) is 123 cm³/mol. The van der Waals surface area contributed by atoms with Crippen LogP contribution in [0, 0.1) is 12.8 Å². The highest BCUT2D eigenvalue weighted by molar-refractivity contribution is 6.24. The van der Waals surface area contributed by atoms with Crippen molar-refractivity contribution >= 4 is 29.7 Å². The van der Waals surface area contributed by atoms with Crippen LogP contribution in [0.25, 0.3) is 6.08 Å². The summed E-state index contributed by atoms with van der Waals surface area (Å²) in [5.41, 5.74) is 7.82. The Kier molecular flexibility index (Phi) is 5.65. The number of aromatic amines is 2. The zero-order chi connectivity index (χ0) is 22.9. The van der Waals surface area contributed by atoms with Crippen LogP contribution in [0.5, 0.6) is 0 Å². The number of amides is 1. The predicted octanol–water partition coefficient (Wildman–Crippen LogP) is 2.75. The summed E-state index contributed by atoms with van der Waals surface area (Å²) in [5, 5.41) is 7.08. The largest absolute Gasteiger partial charge is 0.359 e. The topological polar surface area (TPSA) is 127 Å². The minimum atomic E-state index is -0.543. The average Bonchev–Trinajstić information content (AvgIpc) is 3.47. The molecule has 0 saturated carbocycles. The van der Waals surface area contributed by atoms with E-state index < -0.39 is 5.92 Å². The van der Waals surface area contributed by atoms with Gasteiger partial charge in [0.2, 0.25) is 0 Å². The van der Waals surface area contributed by atoms with Gasteiger partial charge in [-0.25, -0.2) is 10.4 Å². The number of hydrogen-bond acceptors (Lipinski definition) is 6. The van der Waals surface area contributed by atoms with Gasteiger partial charge in [0.25, 0.3) is 5.91 Å². The number of carbonyl (C=O) groups excluding carboxylic acids is 2. The lowest BCUT2D eigenvalue weighted by Crippen LogP contribution is -2.32. The van der Waals surface area contributed by atoms with Crippen LogP contribution in [0.2, 0.25) is 0 Å². The number of carbonyl (C=O) groups is 2. The van der Waals surface area contributed by atoms with Crippen molar-refractivity contribution in [1.29, 1.82) is 0 Å². The first-order valence-corrected chi connectivity index (χ1v) is 10.5. The van der Waals surface area contributed by atoms with E-state index >= 15 is 0 Å². The molecule has 0 radical (unpaired) electrons. The zero-order valence-electron chi connectivity index (χ0n) is 18.6. The van der Waals surface area contributed by atoms with Crippen molar-refractivity contribution in [3.05, 3.63) is 58.8 Å². The minimum absolute atomic E-state index is 0.0181. The Balaban J connectivity index is 1.68. The maximum atomic E-state index is 12.5. The van der Waals surface area contributed by atoms with E-state index in [1.165, 1.54) is 0 Å². The number of nitrogens with zero attached hydrogens (tertiary/aromatic N) is 3. The molecule has 1 atom stereocenters. The number of aromatic nitrogens is 3. The summed E-state index contributed by atoms with van der Waals surface area (Å²) < 4.78 is 0. The highest BCUT2D eigenvalue weighted by atomic mass is 16.2. The van der Waals surface area contributed by atoms with Gasteiger partial charge in [-0.2, -0.15) is 5.10 Å². The third-order valence-electron chi connectivity index (χ3n) is 5.53. The third kappa shape index (κ3) is 4.18. The van der Waals surface area contributed by atoms with Crippen LogP contribution in [-0.4, -0.2) is 38.6 Å². The van der Waals surface area contributed by atoms with Crippen molar-refractivity contribution < 1.29 is 9.59 Å². The van der Waals surface area contributed by atoms with E-state index in [2.05, 4.69) is 56.6 Å². The van der Waals surface area contributed by atoms with Crippen LogP contribution in [-0.2, 0) is 16.6 Å². The summed E-state index contributed by atoms with van der Waals surface area (Å²) in [6.45, 7) is 8.46. The molecule has 1 amide bonds. The minimum Gasteiger partial charge on any atom is -0.359 e. The maximum Gasteiger partial charge on any atom is 0.254 e. The van der Waals surface area contributed by atoms with E-state index in [9.17, 15) is 9.59 Å². The second kappa shape index (κ2) is 8.41. The lowest BCUT2D eigenvalue weighted by molar-refractivity contribution is -0.120. The number of aryl methyl sites for hydroxylation is 1. The molecule has 0 aliphatic carbocycles. The number of nitrogens with one attached hydrogen (secondary N) is 4. The summed E-state index contributed by atoms with van der Waals surface area (Å²) in [4.78, 5) is 39.5. The SMILES string of the molecule is Cc1[nH]c(C=C2NC=CN=C2C2C=NNC2=O)c(C(C)(C)C)c1CCC(=O)c1ncc[nH]1. The quantitative estimate of drug-likeness (QED) is 0.522. The smallest absolute Gasteiger partial charge is 0.254 e. The van der Waals surface area contributed by atoms with Gasteiger partial charge in [-0.1, -0.05) is 20.8 Å². The van der Waals surface area contributed by atoms with Crippen molar-refractivity contribution in [2.24, 2.45) is 16.0 Å². The number of allylic oxidation sites excluding steroid dienone is 1. The number of imidazole rings is 1. The second-order valence-corrected chi connectivity index (χ2v) is 8.89. The van der Waals surface area contributed by atoms with Gasteiger partial charge in [0.1, 0.15) is 5.92 Å². The fourth-order valence-electron chi connectivity index (χ4n) is 4.15. The van der Waals surface area contributed by atoms with Gasteiger partial charge in [-0.3, -0.25) is 14.6 Å². The van der Waals surface area contributed by atoms with Crippen LogP contribution in [0.4, 0.5) is 0 Å². The normalized spacial score (nSPS) is 19.2. The van der Waals surface area contributed by atoms with Gasteiger partial charge in [-0.15, -0.1) is 0 Å². The van der Waals surface area contributed by atoms with E-state index in [0.29, 0.717) is 24.4 Å². The molecule has 9 nitrogen and oxygen atoms in total. The van der Waals surface area contributed by atoms with Crippen LogP contribution in [0.15, 0.2) is 40.6 Å². The van der Waals surface area contributed by atoms with Gasteiger partial charge in [0.15, 0.2) is 11.6 Å². The molecular formula is C23H27N7O2. The number of rotatable bonds is 6. The molecule has 2 aromatic rings. The Labute approximate surface area is 186 Å². The van der Waals surface area contributed by atoms with Crippen molar-refractivity contribution in [3.8, 4) is 0 Å². The molecule has 4 heterocycles. The Hall–Kier alpha value is -3.75. The molecule has 4 rings (SSSR count). The second-order valence-electron chi connectivity index (χ2n) is 8.89. The van der Waals surface area contributed by atoms with Crippen LogP contribution in [0.1, 0.15) is 60.3 Å². The number of ketones is 1.